The molecule has 0 aromatic heterocycles. The first-order valence-corrected chi connectivity index (χ1v) is 8.31. The van der Waals surface area contributed by atoms with Crippen LogP contribution in [0.2, 0.25) is 0 Å². The lowest BCUT2D eigenvalue weighted by Crippen LogP contribution is -2.54. The van der Waals surface area contributed by atoms with Crippen LogP contribution in [0.1, 0.15) is 52.4 Å². The summed E-state index contributed by atoms with van der Waals surface area (Å²) in [5.74, 6) is 0.230. The molecule has 3 unspecified atom stereocenters. The maximum Gasteiger partial charge on any atom is 0.326 e. The number of urea groups is 1. The van der Waals surface area contributed by atoms with Crippen LogP contribution in [0.25, 0.3) is 0 Å². The van der Waals surface area contributed by atoms with E-state index in [9.17, 15) is 14.7 Å². The molecule has 0 radical (unpaired) electrons. The SMILES string of the molecule is CCC1CCN(C(=O)N2CCCC(C)CC2)C(C(=O)O)C1. The summed E-state index contributed by atoms with van der Waals surface area (Å²) in [6, 6.07) is -0.706. The summed E-state index contributed by atoms with van der Waals surface area (Å²) < 4.78 is 0. The maximum absolute atomic E-state index is 12.7. The lowest BCUT2D eigenvalue weighted by atomic mass is 9.89. The molecule has 2 aliphatic heterocycles. The average molecular weight is 296 g/mol. The van der Waals surface area contributed by atoms with Crippen molar-refractivity contribution in [2.24, 2.45) is 11.8 Å². The van der Waals surface area contributed by atoms with E-state index in [1.54, 1.807) is 4.90 Å². The van der Waals surface area contributed by atoms with Crippen molar-refractivity contribution in [3.8, 4) is 0 Å². The van der Waals surface area contributed by atoms with E-state index >= 15 is 0 Å². The first kappa shape index (κ1) is 16.1. The molecule has 2 saturated heterocycles. The molecule has 0 bridgehead atoms. The van der Waals surface area contributed by atoms with Crippen LogP contribution in [0, 0.1) is 11.8 Å². The number of rotatable bonds is 2. The second kappa shape index (κ2) is 7.14. The molecule has 2 aliphatic rings. The van der Waals surface area contributed by atoms with E-state index < -0.39 is 12.0 Å². The number of carbonyl (C=O) groups excluding carboxylic acids is 1. The first-order valence-electron chi connectivity index (χ1n) is 8.31. The maximum atomic E-state index is 12.7. The van der Waals surface area contributed by atoms with Crippen LogP contribution >= 0.6 is 0 Å². The molecule has 0 saturated carbocycles. The third kappa shape index (κ3) is 3.89. The van der Waals surface area contributed by atoms with Crippen LogP contribution in [0.4, 0.5) is 4.79 Å². The monoisotopic (exact) mass is 296 g/mol. The summed E-state index contributed by atoms with van der Waals surface area (Å²) in [6.45, 7) is 6.43. The summed E-state index contributed by atoms with van der Waals surface area (Å²) in [5, 5.41) is 9.45. The van der Waals surface area contributed by atoms with Crippen molar-refractivity contribution in [2.45, 2.75) is 58.4 Å². The molecule has 0 aromatic rings. The molecule has 5 nitrogen and oxygen atoms in total. The number of carbonyl (C=O) groups is 2. The van der Waals surface area contributed by atoms with Gasteiger partial charge in [-0.05, 0) is 43.9 Å². The first-order chi connectivity index (χ1) is 10.0. The van der Waals surface area contributed by atoms with Crippen LogP contribution in [0.15, 0.2) is 0 Å². The Labute approximate surface area is 127 Å². The largest absolute Gasteiger partial charge is 0.480 e. The molecule has 120 valence electrons. The summed E-state index contributed by atoms with van der Waals surface area (Å²) in [7, 11) is 0. The molecule has 0 aromatic carbocycles. The average Bonchev–Trinajstić information content (AvgIpc) is 2.70. The van der Waals surface area contributed by atoms with E-state index in [4.69, 9.17) is 0 Å². The van der Waals surface area contributed by atoms with E-state index in [1.807, 2.05) is 4.90 Å². The fourth-order valence-electron chi connectivity index (χ4n) is 3.51. The second-order valence-electron chi connectivity index (χ2n) is 6.65. The van der Waals surface area contributed by atoms with Crippen LogP contribution < -0.4 is 0 Å². The normalized spacial score (nSPS) is 30.9. The molecule has 2 fully saturated rings. The van der Waals surface area contributed by atoms with Crippen LogP contribution in [-0.2, 0) is 4.79 Å². The van der Waals surface area contributed by atoms with Crippen molar-refractivity contribution in [2.75, 3.05) is 19.6 Å². The van der Waals surface area contributed by atoms with Crippen molar-refractivity contribution in [3.63, 3.8) is 0 Å². The van der Waals surface area contributed by atoms with Crippen LogP contribution in [0.5, 0.6) is 0 Å². The minimum atomic E-state index is -0.857. The lowest BCUT2D eigenvalue weighted by molar-refractivity contribution is -0.144. The predicted molar refractivity (Wildman–Crippen MR) is 81.1 cm³/mol. The summed E-state index contributed by atoms with van der Waals surface area (Å²) in [5.41, 5.74) is 0. The summed E-state index contributed by atoms with van der Waals surface area (Å²) >= 11 is 0. The number of nitrogens with zero attached hydrogens (tertiary/aromatic N) is 2. The highest BCUT2D eigenvalue weighted by Gasteiger charge is 2.37. The smallest absolute Gasteiger partial charge is 0.326 e. The number of hydrogen-bond donors (Lipinski definition) is 1. The number of piperidine rings is 1. The zero-order chi connectivity index (χ0) is 15.4. The van der Waals surface area contributed by atoms with Gasteiger partial charge in [0, 0.05) is 19.6 Å². The molecule has 2 amide bonds. The fraction of sp³-hybridized carbons (Fsp3) is 0.875. The number of carboxylic acid groups (broad SMARTS) is 1. The van der Waals surface area contributed by atoms with E-state index in [0.717, 1.165) is 45.2 Å². The topological polar surface area (TPSA) is 60.9 Å². The van der Waals surface area contributed by atoms with Crippen molar-refractivity contribution in [1.82, 2.24) is 9.80 Å². The highest BCUT2D eigenvalue weighted by atomic mass is 16.4. The van der Waals surface area contributed by atoms with Gasteiger partial charge in [0.1, 0.15) is 6.04 Å². The van der Waals surface area contributed by atoms with E-state index in [1.165, 1.54) is 0 Å². The van der Waals surface area contributed by atoms with Crippen molar-refractivity contribution in [1.29, 1.82) is 0 Å². The highest BCUT2D eigenvalue weighted by Crippen LogP contribution is 2.27. The number of amides is 2. The van der Waals surface area contributed by atoms with Gasteiger partial charge in [0.2, 0.25) is 0 Å². The molecule has 21 heavy (non-hydrogen) atoms. The molecule has 0 spiro atoms. The molecular weight excluding hydrogens is 268 g/mol. The van der Waals surface area contributed by atoms with E-state index in [0.29, 0.717) is 24.8 Å². The summed E-state index contributed by atoms with van der Waals surface area (Å²) in [6.07, 6.45) is 5.72. The Morgan fingerprint density at radius 2 is 1.90 bits per heavy atom. The van der Waals surface area contributed by atoms with Gasteiger partial charge < -0.3 is 14.9 Å². The number of likely N-dealkylation sites (tertiary alicyclic amines) is 2. The van der Waals surface area contributed by atoms with Gasteiger partial charge in [0.05, 0.1) is 0 Å². The van der Waals surface area contributed by atoms with E-state index in [2.05, 4.69) is 13.8 Å². The van der Waals surface area contributed by atoms with Crippen LogP contribution in [0.3, 0.4) is 0 Å². The van der Waals surface area contributed by atoms with Crippen molar-refractivity contribution in [3.05, 3.63) is 0 Å². The van der Waals surface area contributed by atoms with Gasteiger partial charge in [0.25, 0.3) is 0 Å². The quantitative estimate of drug-likeness (QED) is 0.852. The molecule has 1 N–H and O–H groups in total. The Bertz CT molecular complexity index is 386. The molecule has 3 atom stereocenters. The molecule has 5 heteroatoms. The van der Waals surface area contributed by atoms with Gasteiger partial charge in [0.15, 0.2) is 0 Å². The minimum Gasteiger partial charge on any atom is -0.480 e. The fourth-order valence-corrected chi connectivity index (χ4v) is 3.51. The molecule has 2 heterocycles. The van der Waals surface area contributed by atoms with Crippen molar-refractivity contribution >= 4 is 12.0 Å². The van der Waals surface area contributed by atoms with Gasteiger partial charge in [-0.15, -0.1) is 0 Å². The Morgan fingerprint density at radius 3 is 2.57 bits per heavy atom. The predicted octanol–water partition coefficient (Wildman–Crippen LogP) is 2.80. The lowest BCUT2D eigenvalue weighted by Gasteiger charge is -2.39. The van der Waals surface area contributed by atoms with Gasteiger partial charge in [-0.1, -0.05) is 20.3 Å². The highest BCUT2D eigenvalue weighted by molar-refractivity contribution is 5.83. The summed E-state index contributed by atoms with van der Waals surface area (Å²) in [4.78, 5) is 27.7. The van der Waals surface area contributed by atoms with Crippen molar-refractivity contribution < 1.29 is 14.7 Å². The van der Waals surface area contributed by atoms with E-state index in [-0.39, 0.29) is 6.03 Å². The Hall–Kier alpha value is -1.26. The Kier molecular flexibility index (Phi) is 5.48. The minimum absolute atomic E-state index is 0.0638. The number of carboxylic acids is 1. The third-order valence-electron chi connectivity index (χ3n) is 5.11. The zero-order valence-electron chi connectivity index (χ0n) is 13.3. The Morgan fingerprint density at radius 1 is 1.14 bits per heavy atom. The molecular formula is C16H28N2O3. The molecule has 2 rings (SSSR count). The number of hydrogen-bond acceptors (Lipinski definition) is 2. The van der Waals surface area contributed by atoms with Crippen LogP contribution in [-0.4, -0.2) is 52.6 Å². The van der Waals surface area contributed by atoms with Gasteiger partial charge in [-0.25, -0.2) is 9.59 Å². The van der Waals surface area contributed by atoms with Gasteiger partial charge in [-0.2, -0.15) is 0 Å². The second-order valence-corrected chi connectivity index (χ2v) is 6.65. The number of aliphatic carboxylic acids is 1. The standard InChI is InChI=1S/C16H28N2O3/c1-3-13-7-10-18(14(11-13)15(19)20)16(21)17-8-4-5-12(2)6-9-17/h12-14H,3-11H2,1-2H3,(H,19,20). The third-order valence-corrected chi connectivity index (χ3v) is 5.11. The Balaban J connectivity index is 2.04. The van der Waals surface area contributed by atoms with Gasteiger partial charge in [-0.3, -0.25) is 0 Å². The van der Waals surface area contributed by atoms with Gasteiger partial charge >= 0.3 is 12.0 Å². The molecule has 0 aliphatic carbocycles. The zero-order valence-corrected chi connectivity index (χ0v) is 13.3.